The predicted octanol–water partition coefficient (Wildman–Crippen LogP) is 2.36. The zero-order valence-electron chi connectivity index (χ0n) is 8.90. The van der Waals surface area contributed by atoms with E-state index in [0.29, 0.717) is 0 Å². The number of hydrogen-bond acceptors (Lipinski definition) is 2. The second kappa shape index (κ2) is 4.18. The average Bonchev–Trinajstić information content (AvgIpc) is 2.60. The molecule has 0 radical (unpaired) electrons. The van der Waals surface area contributed by atoms with Gasteiger partial charge in [0.05, 0.1) is 11.9 Å². The van der Waals surface area contributed by atoms with Crippen molar-refractivity contribution in [3.05, 3.63) is 35.5 Å². The van der Waals surface area contributed by atoms with Crippen molar-refractivity contribution in [3.8, 4) is 0 Å². The zero-order chi connectivity index (χ0) is 11.5. The van der Waals surface area contributed by atoms with Crippen molar-refractivity contribution in [1.29, 1.82) is 0 Å². The lowest BCUT2D eigenvalue weighted by Gasteiger charge is -1.93. The number of aryl methyl sites for hydroxylation is 1. The summed E-state index contributed by atoms with van der Waals surface area (Å²) in [7, 11) is 0. The molecule has 0 aliphatic rings. The van der Waals surface area contributed by atoms with Gasteiger partial charge in [-0.05, 0) is 18.6 Å². The first-order chi connectivity index (χ1) is 7.66. The summed E-state index contributed by atoms with van der Waals surface area (Å²) < 4.78 is 0. The maximum atomic E-state index is 10.3. The molecule has 0 atom stereocenters. The normalized spacial score (nSPS) is 11.3. The molecule has 0 amide bonds. The number of H-pyrrole nitrogens is 1. The number of fused-ring (bicyclic) bond motifs is 1. The Balaban J connectivity index is 2.26. The van der Waals surface area contributed by atoms with E-state index in [0.717, 1.165) is 22.2 Å². The number of nitrogens with one attached hydrogen (secondary N) is 1. The standard InChI is InChI=1S/C12H12N2O2/c1-8-10-6-5-9(3-2-4-12(15)16)7-11(10)14-13-8/h2-3,5-7H,4H2,1H3,(H,13,14)(H,15,16). The third-order valence-corrected chi connectivity index (χ3v) is 2.37. The Morgan fingerprint density at radius 2 is 2.38 bits per heavy atom. The minimum absolute atomic E-state index is 0.0393. The van der Waals surface area contributed by atoms with Gasteiger partial charge in [-0.1, -0.05) is 24.3 Å². The Labute approximate surface area is 92.6 Å². The largest absolute Gasteiger partial charge is 0.481 e. The van der Waals surface area contributed by atoms with E-state index in [-0.39, 0.29) is 6.42 Å². The molecule has 2 aromatic rings. The smallest absolute Gasteiger partial charge is 0.307 e. The lowest BCUT2D eigenvalue weighted by Crippen LogP contribution is -1.89. The fourth-order valence-corrected chi connectivity index (χ4v) is 1.56. The Hall–Kier alpha value is -2.10. The average molecular weight is 216 g/mol. The number of hydrogen-bond donors (Lipinski definition) is 2. The second-order valence-corrected chi connectivity index (χ2v) is 3.63. The molecule has 0 spiro atoms. The topological polar surface area (TPSA) is 66.0 Å². The molecule has 82 valence electrons. The quantitative estimate of drug-likeness (QED) is 0.827. The molecule has 0 bridgehead atoms. The van der Waals surface area contributed by atoms with Gasteiger partial charge < -0.3 is 5.11 Å². The van der Waals surface area contributed by atoms with Crippen LogP contribution in [0.4, 0.5) is 0 Å². The number of carbonyl (C=O) groups is 1. The monoisotopic (exact) mass is 216 g/mol. The maximum absolute atomic E-state index is 10.3. The van der Waals surface area contributed by atoms with Gasteiger partial charge in [0, 0.05) is 11.1 Å². The number of nitrogens with zero attached hydrogens (tertiary/aromatic N) is 1. The number of rotatable bonds is 3. The number of benzene rings is 1. The third kappa shape index (κ3) is 2.11. The molecule has 0 saturated carbocycles. The highest BCUT2D eigenvalue weighted by Crippen LogP contribution is 2.17. The molecule has 0 aliphatic carbocycles. The first-order valence-corrected chi connectivity index (χ1v) is 5.00. The van der Waals surface area contributed by atoms with Gasteiger partial charge in [-0.3, -0.25) is 9.89 Å². The van der Waals surface area contributed by atoms with Crippen LogP contribution < -0.4 is 0 Å². The highest BCUT2D eigenvalue weighted by molar-refractivity contribution is 5.83. The summed E-state index contributed by atoms with van der Waals surface area (Å²) in [5, 5.41) is 16.6. The molecule has 4 nitrogen and oxygen atoms in total. The van der Waals surface area contributed by atoms with E-state index >= 15 is 0 Å². The van der Waals surface area contributed by atoms with Crippen molar-refractivity contribution in [3.63, 3.8) is 0 Å². The number of aromatic nitrogens is 2. The summed E-state index contributed by atoms with van der Waals surface area (Å²) in [6.07, 6.45) is 3.46. The zero-order valence-corrected chi connectivity index (χ0v) is 8.90. The molecule has 1 aromatic carbocycles. The van der Waals surface area contributed by atoms with E-state index in [4.69, 9.17) is 5.11 Å². The molecular weight excluding hydrogens is 204 g/mol. The summed E-state index contributed by atoms with van der Waals surface area (Å²) in [4.78, 5) is 10.3. The van der Waals surface area contributed by atoms with Crippen molar-refractivity contribution < 1.29 is 9.90 Å². The first kappa shape index (κ1) is 10.4. The summed E-state index contributed by atoms with van der Waals surface area (Å²) in [6.45, 7) is 1.97. The maximum Gasteiger partial charge on any atom is 0.307 e. The van der Waals surface area contributed by atoms with Crippen LogP contribution in [0.1, 0.15) is 17.7 Å². The Morgan fingerprint density at radius 1 is 1.56 bits per heavy atom. The molecule has 2 rings (SSSR count). The SMILES string of the molecule is Cc1[nH]nc2cc(C=CCC(=O)O)ccc12. The molecular formula is C12H12N2O2. The van der Waals surface area contributed by atoms with Gasteiger partial charge in [0.2, 0.25) is 0 Å². The summed E-state index contributed by atoms with van der Waals surface area (Å²) >= 11 is 0. The van der Waals surface area contributed by atoms with Crippen LogP contribution in [0.15, 0.2) is 24.3 Å². The Kier molecular flexibility index (Phi) is 2.72. The number of carboxylic acids is 1. The van der Waals surface area contributed by atoms with Crippen molar-refractivity contribution >= 4 is 22.9 Å². The van der Waals surface area contributed by atoms with Crippen LogP contribution >= 0.6 is 0 Å². The molecule has 4 heteroatoms. The van der Waals surface area contributed by atoms with Gasteiger partial charge in [-0.2, -0.15) is 5.10 Å². The van der Waals surface area contributed by atoms with Crippen LogP contribution in [-0.4, -0.2) is 21.3 Å². The fourth-order valence-electron chi connectivity index (χ4n) is 1.56. The van der Waals surface area contributed by atoms with Crippen LogP contribution in [0.5, 0.6) is 0 Å². The van der Waals surface area contributed by atoms with Gasteiger partial charge in [0.25, 0.3) is 0 Å². The first-order valence-electron chi connectivity index (χ1n) is 5.00. The summed E-state index contributed by atoms with van der Waals surface area (Å²) in [5.41, 5.74) is 2.89. The van der Waals surface area contributed by atoms with E-state index in [1.165, 1.54) is 0 Å². The van der Waals surface area contributed by atoms with E-state index in [2.05, 4.69) is 10.2 Å². The molecule has 2 N–H and O–H groups in total. The van der Waals surface area contributed by atoms with Gasteiger partial charge in [-0.25, -0.2) is 0 Å². The highest BCUT2D eigenvalue weighted by Gasteiger charge is 2.00. The van der Waals surface area contributed by atoms with Gasteiger partial charge in [-0.15, -0.1) is 0 Å². The molecule has 0 fully saturated rings. The molecule has 0 saturated heterocycles. The number of carboxylic acid groups (broad SMARTS) is 1. The summed E-state index contributed by atoms with van der Waals surface area (Å²) in [6, 6.07) is 5.86. The van der Waals surface area contributed by atoms with E-state index < -0.39 is 5.97 Å². The summed E-state index contributed by atoms with van der Waals surface area (Å²) in [5.74, 6) is -0.826. The molecule has 1 heterocycles. The van der Waals surface area contributed by atoms with E-state index in [1.807, 2.05) is 25.1 Å². The lowest BCUT2D eigenvalue weighted by atomic mass is 10.1. The van der Waals surface area contributed by atoms with Gasteiger partial charge >= 0.3 is 5.97 Å². The van der Waals surface area contributed by atoms with Gasteiger partial charge in [0.15, 0.2) is 0 Å². The number of aromatic amines is 1. The predicted molar refractivity (Wildman–Crippen MR) is 62.1 cm³/mol. The van der Waals surface area contributed by atoms with Crippen molar-refractivity contribution in [2.45, 2.75) is 13.3 Å². The van der Waals surface area contributed by atoms with Crippen LogP contribution in [0, 0.1) is 6.92 Å². The van der Waals surface area contributed by atoms with Crippen molar-refractivity contribution in [1.82, 2.24) is 10.2 Å². The molecule has 1 aromatic heterocycles. The number of aliphatic carboxylic acids is 1. The van der Waals surface area contributed by atoms with Gasteiger partial charge in [0.1, 0.15) is 0 Å². The second-order valence-electron chi connectivity index (χ2n) is 3.63. The lowest BCUT2D eigenvalue weighted by molar-refractivity contribution is -0.135. The van der Waals surface area contributed by atoms with E-state index in [1.54, 1.807) is 12.2 Å². The molecule has 0 unspecified atom stereocenters. The molecule has 0 aliphatic heterocycles. The minimum atomic E-state index is -0.826. The van der Waals surface area contributed by atoms with Crippen LogP contribution in [-0.2, 0) is 4.79 Å². The van der Waals surface area contributed by atoms with Crippen LogP contribution in [0.25, 0.3) is 17.0 Å². The van der Waals surface area contributed by atoms with Crippen molar-refractivity contribution in [2.24, 2.45) is 0 Å². The highest BCUT2D eigenvalue weighted by atomic mass is 16.4. The Bertz CT molecular complexity index is 555. The Morgan fingerprint density at radius 3 is 3.12 bits per heavy atom. The van der Waals surface area contributed by atoms with E-state index in [9.17, 15) is 4.79 Å². The molecule has 16 heavy (non-hydrogen) atoms. The van der Waals surface area contributed by atoms with Crippen molar-refractivity contribution in [2.75, 3.05) is 0 Å². The van der Waals surface area contributed by atoms with Crippen LogP contribution in [0.3, 0.4) is 0 Å². The van der Waals surface area contributed by atoms with Crippen LogP contribution in [0.2, 0.25) is 0 Å². The fraction of sp³-hybridized carbons (Fsp3) is 0.167. The third-order valence-electron chi connectivity index (χ3n) is 2.37. The minimum Gasteiger partial charge on any atom is -0.481 e.